The summed E-state index contributed by atoms with van der Waals surface area (Å²) in [6, 6.07) is 23.2. The van der Waals surface area contributed by atoms with Crippen molar-refractivity contribution in [1.29, 1.82) is 0 Å². The number of para-hydroxylation sites is 2. The molecule has 1 radical (unpaired) electrons. The Kier molecular flexibility index (Phi) is 11.5. The molecule has 0 unspecified atom stereocenters. The molecule has 159 valence electrons. The summed E-state index contributed by atoms with van der Waals surface area (Å²) in [5.74, 6) is 0. The summed E-state index contributed by atoms with van der Waals surface area (Å²) in [5, 5.41) is 0. The van der Waals surface area contributed by atoms with E-state index in [2.05, 4.69) is 138 Å². The van der Waals surface area contributed by atoms with Crippen LogP contribution in [0.1, 0.15) is 55.4 Å². The number of benzene rings is 2. The average Bonchev–Trinajstić information content (AvgIpc) is 2.66. The van der Waals surface area contributed by atoms with Crippen molar-refractivity contribution < 1.29 is 21.7 Å². The minimum atomic E-state index is 0. The van der Waals surface area contributed by atoms with Crippen LogP contribution in [-0.2, 0) is 21.7 Å². The van der Waals surface area contributed by atoms with Crippen molar-refractivity contribution in [1.82, 2.24) is 9.62 Å². The van der Waals surface area contributed by atoms with Gasteiger partial charge < -0.3 is 14.4 Å². The van der Waals surface area contributed by atoms with Crippen molar-refractivity contribution in [3.63, 3.8) is 0 Å². The van der Waals surface area contributed by atoms with Crippen LogP contribution in [0, 0.1) is 0 Å². The van der Waals surface area contributed by atoms with Crippen LogP contribution in [0.2, 0.25) is 0 Å². The molecular formula is C24H38B2N3Ti. The summed E-state index contributed by atoms with van der Waals surface area (Å²) in [7, 11) is 2.44. The molecule has 0 N–H and O–H groups in total. The summed E-state index contributed by atoms with van der Waals surface area (Å²) in [6.07, 6.45) is 0. The minimum absolute atomic E-state index is 0. The first-order valence-electron chi connectivity index (χ1n) is 11.0. The molecule has 0 saturated carbocycles. The third kappa shape index (κ3) is 7.02. The van der Waals surface area contributed by atoms with Crippen LogP contribution in [0.3, 0.4) is 0 Å². The second kappa shape index (κ2) is 12.8. The van der Waals surface area contributed by atoms with Crippen LogP contribution in [0.25, 0.3) is 0 Å². The Morgan fingerprint density at radius 1 is 0.600 bits per heavy atom. The normalized spacial score (nSPS) is 11.5. The first-order chi connectivity index (χ1) is 13.7. The van der Waals surface area contributed by atoms with Gasteiger partial charge in [0.2, 0.25) is 7.31 Å². The number of nitrogens with zero attached hydrogens (tertiary/aromatic N) is 3. The smallest absolute Gasteiger partial charge is 0.318 e. The maximum absolute atomic E-state index is 2.60. The molecule has 0 aliphatic heterocycles. The zero-order valence-corrected chi connectivity index (χ0v) is 21.6. The molecule has 0 aliphatic rings. The number of hydrogen-bond acceptors (Lipinski definition) is 3. The maximum atomic E-state index is 2.60. The molecular weight excluding hydrogens is 400 g/mol. The molecule has 0 heterocycles. The van der Waals surface area contributed by atoms with Crippen molar-refractivity contribution >= 4 is 25.6 Å². The van der Waals surface area contributed by atoms with Gasteiger partial charge in [0.05, 0.1) is 0 Å². The molecule has 0 fully saturated rings. The van der Waals surface area contributed by atoms with E-state index in [4.69, 9.17) is 0 Å². The first-order valence-corrected chi connectivity index (χ1v) is 11.0. The van der Waals surface area contributed by atoms with Crippen molar-refractivity contribution in [2.45, 2.75) is 79.6 Å². The van der Waals surface area contributed by atoms with Gasteiger partial charge in [-0.15, -0.1) is 0 Å². The standard InChI is InChI=1S/C24H38B2N3.Ti/c1-19(2)27(20(3)4)25-26(28(21(5)6)22(7)8)29(23-15-11-9-12-16-23)24-17-13-10-14-18-24;/h9-22H,1-8H3;. The van der Waals surface area contributed by atoms with Crippen LogP contribution in [0.5, 0.6) is 0 Å². The molecule has 0 saturated heterocycles. The van der Waals surface area contributed by atoms with Gasteiger partial charge in [-0.05, 0) is 48.4 Å². The fraction of sp³-hybridized carbons (Fsp3) is 0.500. The molecule has 2 aromatic carbocycles. The molecule has 2 aromatic rings. The van der Waals surface area contributed by atoms with E-state index in [1.807, 2.05) is 0 Å². The summed E-state index contributed by atoms with van der Waals surface area (Å²) < 4.78 is 0. The SMILES string of the molecule is CC(C)N([B]B(N(c1ccccc1)c1ccccc1)N(C(C)C)C(C)C)C(C)C.[Ti]. The van der Waals surface area contributed by atoms with Crippen molar-refractivity contribution in [3.8, 4) is 0 Å². The molecule has 0 amide bonds. The maximum Gasteiger partial charge on any atom is 0.318 e. The van der Waals surface area contributed by atoms with Gasteiger partial charge in [0.1, 0.15) is 0 Å². The Labute approximate surface area is 201 Å². The quantitative estimate of drug-likeness (QED) is 0.444. The van der Waals surface area contributed by atoms with Gasteiger partial charge in [0, 0.05) is 33.1 Å². The van der Waals surface area contributed by atoms with E-state index in [0.29, 0.717) is 24.2 Å². The summed E-state index contributed by atoms with van der Waals surface area (Å²) in [6.45, 7) is 18.4. The largest absolute Gasteiger partial charge is 0.377 e. The van der Waals surface area contributed by atoms with E-state index in [0.717, 1.165) is 0 Å². The number of anilines is 2. The van der Waals surface area contributed by atoms with Crippen molar-refractivity contribution in [2.24, 2.45) is 0 Å². The van der Waals surface area contributed by atoms with E-state index in [1.165, 1.54) is 11.4 Å². The van der Waals surface area contributed by atoms with Crippen LogP contribution >= 0.6 is 0 Å². The Morgan fingerprint density at radius 2 is 0.967 bits per heavy atom. The third-order valence-electron chi connectivity index (χ3n) is 5.33. The average molecular weight is 438 g/mol. The van der Waals surface area contributed by atoms with Gasteiger partial charge in [-0.1, -0.05) is 91.8 Å². The van der Waals surface area contributed by atoms with E-state index in [9.17, 15) is 0 Å². The van der Waals surface area contributed by atoms with E-state index >= 15 is 0 Å². The zero-order chi connectivity index (χ0) is 21.6. The fourth-order valence-corrected chi connectivity index (χ4v) is 4.21. The van der Waals surface area contributed by atoms with Crippen molar-refractivity contribution in [2.75, 3.05) is 4.81 Å². The molecule has 6 heteroatoms. The molecule has 0 aliphatic carbocycles. The Hall–Kier alpha value is -0.996. The van der Waals surface area contributed by atoms with Crippen LogP contribution in [0.4, 0.5) is 11.4 Å². The predicted octanol–water partition coefficient (Wildman–Crippen LogP) is 5.66. The molecule has 30 heavy (non-hydrogen) atoms. The van der Waals surface area contributed by atoms with Crippen LogP contribution in [-0.4, -0.2) is 48.0 Å². The second-order valence-electron chi connectivity index (χ2n) is 8.87. The van der Waals surface area contributed by atoms with E-state index in [-0.39, 0.29) is 28.6 Å². The molecule has 0 aromatic heterocycles. The van der Waals surface area contributed by atoms with Gasteiger partial charge in [0.25, 0.3) is 0 Å². The Balaban J connectivity index is 0.00000450. The zero-order valence-electron chi connectivity index (χ0n) is 20.1. The predicted molar refractivity (Wildman–Crippen MR) is 131 cm³/mol. The summed E-state index contributed by atoms with van der Waals surface area (Å²) >= 11 is 0. The number of rotatable bonds is 10. The molecule has 0 spiro atoms. The molecule has 0 bridgehead atoms. The van der Waals surface area contributed by atoms with Gasteiger partial charge in [-0.25, -0.2) is 0 Å². The molecule has 0 atom stereocenters. The van der Waals surface area contributed by atoms with E-state index in [1.54, 1.807) is 0 Å². The monoisotopic (exact) mass is 438 g/mol. The molecule has 2 rings (SSSR count). The van der Waals surface area contributed by atoms with Crippen LogP contribution in [0.15, 0.2) is 60.7 Å². The Morgan fingerprint density at radius 3 is 1.27 bits per heavy atom. The van der Waals surface area contributed by atoms with E-state index < -0.39 is 0 Å². The van der Waals surface area contributed by atoms with Gasteiger partial charge in [-0.3, -0.25) is 0 Å². The fourth-order valence-electron chi connectivity index (χ4n) is 4.21. The topological polar surface area (TPSA) is 9.72 Å². The van der Waals surface area contributed by atoms with Gasteiger partial charge in [-0.2, -0.15) is 0 Å². The van der Waals surface area contributed by atoms with Gasteiger partial charge in [0.15, 0.2) is 0 Å². The number of hydrogen-bond donors (Lipinski definition) is 0. The third-order valence-corrected chi connectivity index (χ3v) is 5.33. The minimum Gasteiger partial charge on any atom is -0.377 e. The second-order valence-corrected chi connectivity index (χ2v) is 8.87. The van der Waals surface area contributed by atoms with Crippen molar-refractivity contribution in [3.05, 3.63) is 60.7 Å². The van der Waals surface area contributed by atoms with Gasteiger partial charge >= 0.3 is 6.87 Å². The van der Waals surface area contributed by atoms with Crippen LogP contribution < -0.4 is 4.81 Å². The summed E-state index contributed by atoms with van der Waals surface area (Å²) in [4.78, 5) is 7.55. The Bertz CT molecular complexity index is 655. The molecule has 3 nitrogen and oxygen atoms in total. The first kappa shape index (κ1) is 27.0. The summed E-state index contributed by atoms with van der Waals surface area (Å²) in [5.41, 5.74) is 2.41.